The maximum absolute atomic E-state index is 12.0. The van der Waals surface area contributed by atoms with E-state index in [0.29, 0.717) is 13.0 Å². The molecule has 0 spiro atoms. The summed E-state index contributed by atoms with van der Waals surface area (Å²) < 4.78 is 44.6. The van der Waals surface area contributed by atoms with Gasteiger partial charge in [-0.25, -0.2) is 0 Å². The first-order valence-corrected chi connectivity index (χ1v) is 5.93. The van der Waals surface area contributed by atoms with Crippen LogP contribution in [0.15, 0.2) is 24.3 Å². The second kappa shape index (κ2) is 5.11. The molecular weight excluding hydrogens is 261 g/mol. The summed E-state index contributed by atoms with van der Waals surface area (Å²) in [6.45, 7) is 2.07. The molecule has 0 heterocycles. The summed E-state index contributed by atoms with van der Waals surface area (Å²) in [6.07, 6.45) is -4.01. The van der Waals surface area contributed by atoms with Crippen LogP contribution in [0.4, 0.5) is 13.2 Å². The van der Waals surface area contributed by atoms with Gasteiger partial charge in [0.1, 0.15) is 5.75 Å². The Hall–Kier alpha value is -1.72. The molecule has 1 fully saturated rings. The molecule has 6 heteroatoms. The fourth-order valence-corrected chi connectivity index (χ4v) is 1.99. The summed E-state index contributed by atoms with van der Waals surface area (Å²) in [4.78, 5) is 11.4. The largest absolute Gasteiger partial charge is 0.573 e. The number of hydrogen-bond donors (Lipinski definition) is 0. The number of alkyl halides is 3. The van der Waals surface area contributed by atoms with Gasteiger partial charge in [-0.15, -0.1) is 13.2 Å². The lowest BCUT2D eigenvalue weighted by molar-refractivity contribution is -0.274. The summed E-state index contributed by atoms with van der Waals surface area (Å²) in [7, 11) is 0. The van der Waals surface area contributed by atoms with E-state index in [1.165, 1.54) is 12.1 Å². The molecule has 0 aromatic heterocycles. The minimum atomic E-state index is -4.69. The molecule has 1 aliphatic carbocycles. The number of carbonyl (C=O) groups excluding carboxylic acids is 1. The minimum Gasteiger partial charge on any atom is -0.466 e. The van der Waals surface area contributed by atoms with Crippen molar-refractivity contribution in [3.63, 3.8) is 0 Å². The third-order valence-corrected chi connectivity index (χ3v) is 2.92. The van der Waals surface area contributed by atoms with Crippen LogP contribution in [0.5, 0.6) is 5.75 Å². The van der Waals surface area contributed by atoms with Crippen LogP contribution in [0.25, 0.3) is 0 Å². The van der Waals surface area contributed by atoms with E-state index in [-0.39, 0.29) is 23.6 Å². The summed E-state index contributed by atoms with van der Waals surface area (Å²) in [5.74, 6) is -0.638. The molecule has 0 bridgehead atoms. The first-order chi connectivity index (χ1) is 8.90. The van der Waals surface area contributed by atoms with E-state index in [4.69, 9.17) is 4.74 Å². The van der Waals surface area contributed by atoms with Crippen molar-refractivity contribution in [1.29, 1.82) is 0 Å². The Balaban J connectivity index is 1.95. The zero-order valence-corrected chi connectivity index (χ0v) is 10.2. The normalized spacial score (nSPS) is 21.9. The summed E-state index contributed by atoms with van der Waals surface area (Å²) >= 11 is 0. The van der Waals surface area contributed by atoms with E-state index in [9.17, 15) is 18.0 Å². The second-order valence-corrected chi connectivity index (χ2v) is 4.32. The molecule has 1 saturated carbocycles. The second-order valence-electron chi connectivity index (χ2n) is 4.32. The van der Waals surface area contributed by atoms with Crippen molar-refractivity contribution in [3.8, 4) is 5.75 Å². The quantitative estimate of drug-likeness (QED) is 0.791. The van der Waals surface area contributed by atoms with E-state index in [0.717, 1.165) is 5.56 Å². The third-order valence-electron chi connectivity index (χ3n) is 2.92. The number of halogens is 3. The number of benzene rings is 1. The number of ether oxygens (including phenoxy) is 2. The summed E-state index contributed by atoms with van der Waals surface area (Å²) in [5.41, 5.74) is 0.826. The SMILES string of the molecule is CCOC(=O)[C@H]1C[C@@H]1c1ccc(OC(F)(F)F)cc1. The van der Waals surface area contributed by atoms with Gasteiger partial charge in [0.05, 0.1) is 12.5 Å². The Labute approximate surface area is 108 Å². The molecule has 2 atom stereocenters. The molecule has 104 valence electrons. The van der Waals surface area contributed by atoms with Gasteiger partial charge in [-0.05, 0) is 37.0 Å². The highest BCUT2D eigenvalue weighted by Gasteiger charge is 2.45. The monoisotopic (exact) mass is 274 g/mol. The maximum atomic E-state index is 12.0. The number of rotatable bonds is 4. The van der Waals surface area contributed by atoms with Crippen LogP contribution in [0.3, 0.4) is 0 Å². The van der Waals surface area contributed by atoms with Crippen molar-refractivity contribution in [2.45, 2.75) is 25.6 Å². The highest BCUT2D eigenvalue weighted by Crippen LogP contribution is 2.48. The number of carbonyl (C=O) groups is 1. The fourth-order valence-electron chi connectivity index (χ4n) is 1.99. The van der Waals surface area contributed by atoms with E-state index in [2.05, 4.69) is 4.74 Å². The van der Waals surface area contributed by atoms with Crippen LogP contribution in [-0.2, 0) is 9.53 Å². The predicted molar refractivity (Wildman–Crippen MR) is 60.6 cm³/mol. The van der Waals surface area contributed by atoms with Crippen LogP contribution in [-0.4, -0.2) is 18.9 Å². The van der Waals surface area contributed by atoms with Crippen LogP contribution >= 0.6 is 0 Å². The molecule has 1 aromatic carbocycles. The number of esters is 1. The summed E-state index contributed by atoms with van der Waals surface area (Å²) in [6, 6.07) is 5.60. The fraction of sp³-hybridized carbons (Fsp3) is 0.462. The molecule has 2 rings (SSSR count). The van der Waals surface area contributed by atoms with E-state index in [1.54, 1.807) is 19.1 Å². The Morgan fingerprint density at radius 2 is 1.95 bits per heavy atom. The van der Waals surface area contributed by atoms with Gasteiger partial charge >= 0.3 is 12.3 Å². The van der Waals surface area contributed by atoms with Gasteiger partial charge in [0.15, 0.2) is 0 Å². The molecule has 1 aromatic rings. The molecule has 1 aliphatic rings. The first kappa shape index (κ1) is 13.7. The Kier molecular flexibility index (Phi) is 3.68. The number of hydrogen-bond acceptors (Lipinski definition) is 3. The minimum absolute atomic E-state index is 0.0407. The van der Waals surface area contributed by atoms with Crippen molar-refractivity contribution in [1.82, 2.24) is 0 Å². The van der Waals surface area contributed by atoms with Crippen molar-refractivity contribution >= 4 is 5.97 Å². The maximum Gasteiger partial charge on any atom is 0.573 e. The van der Waals surface area contributed by atoms with Crippen molar-refractivity contribution < 1.29 is 27.4 Å². The Morgan fingerprint density at radius 3 is 2.47 bits per heavy atom. The van der Waals surface area contributed by atoms with Crippen molar-refractivity contribution in [2.24, 2.45) is 5.92 Å². The molecule has 3 nitrogen and oxygen atoms in total. The predicted octanol–water partition coefficient (Wildman–Crippen LogP) is 3.25. The van der Waals surface area contributed by atoms with Crippen LogP contribution in [0, 0.1) is 5.92 Å². The first-order valence-electron chi connectivity index (χ1n) is 5.93. The molecule has 0 saturated heterocycles. The van der Waals surface area contributed by atoms with Gasteiger partial charge in [0.2, 0.25) is 0 Å². The molecule has 0 amide bonds. The molecule has 0 N–H and O–H groups in total. The Morgan fingerprint density at radius 1 is 1.32 bits per heavy atom. The lowest BCUT2D eigenvalue weighted by Gasteiger charge is -2.09. The highest BCUT2D eigenvalue weighted by molar-refractivity contribution is 5.77. The summed E-state index contributed by atoms with van der Waals surface area (Å²) in [5, 5.41) is 0. The zero-order valence-electron chi connectivity index (χ0n) is 10.2. The lowest BCUT2D eigenvalue weighted by Crippen LogP contribution is -2.17. The van der Waals surface area contributed by atoms with Gasteiger partial charge in [0, 0.05) is 0 Å². The standard InChI is InChI=1S/C13H13F3O3/c1-2-18-12(17)11-7-10(11)8-3-5-9(6-4-8)19-13(14,15)16/h3-6,10-11H,2,7H2,1H3/t10-,11+/m1/s1. The average Bonchev–Trinajstić information content (AvgIpc) is 3.08. The van der Waals surface area contributed by atoms with Gasteiger partial charge in [0.25, 0.3) is 0 Å². The average molecular weight is 274 g/mol. The molecule has 19 heavy (non-hydrogen) atoms. The van der Waals surface area contributed by atoms with Crippen LogP contribution in [0.1, 0.15) is 24.8 Å². The van der Waals surface area contributed by atoms with Crippen LogP contribution in [0.2, 0.25) is 0 Å². The molecule has 0 aliphatic heterocycles. The van der Waals surface area contributed by atoms with Gasteiger partial charge in [-0.3, -0.25) is 4.79 Å². The van der Waals surface area contributed by atoms with Crippen molar-refractivity contribution in [3.05, 3.63) is 29.8 Å². The van der Waals surface area contributed by atoms with Gasteiger partial charge in [-0.2, -0.15) is 0 Å². The van der Waals surface area contributed by atoms with E-state index in [1.807, 2.05) is 0 Å². The Bertz CT molecular complexity index is 453. The highest BCUT2D eigenvalue weighted by atomic mass is 19.4. The molecule has 0 radical (unpaired) electrons. The van der Waals surface area contributed by atoms with Crippen molar-refractivity contribution in [2.75, 3.05) is 6.61 Å². The third kappa shape index (κ3) is 3.62. The zero-order chi connectivity index (χ0) is 14.0. The van der Waals surface area contributed by atoms with E-state index < -0.39 is 6.36 Å². The van der Waals surface area contributed by atoms with Gasteiger partial charge < -0.3 is 9.47 Å². The van der Waals surface area contributed by atoms with Gasteiger partial charge in [-0.1, -0.05) is 12.1 Å². The topological polar surface area (TPSA) is 35.5 Å². The van der Waals surface area contributed by atoms with E-state index >= 15 is 0 Å². The molecular formula is C13H13F3O3. The van der Waals surface area contributed by atoms with Crippen LogP contribution < -0.4 is 4.74 Å². The lowest BCUT2D eigenvalue weighted by atomic mass is 10.1. The molecule has 0 unspecified atom stereocenters. The smallest absolute Gasteiger partial charge is 0.466 e.